The minimum absolute atomic E-state index is 0.000278. The molecule has 0 spiro atoms. The molecule has 0 bridgehead atoms. The van der Waals surface area contributed by atoms with E-state index in [0.29, 0.717) is 17.3 Å². The zero-order valence-corrected chi connectivity index (χ0v) is 11.9. The lowest BCUT2D eigenvalue weighted by atomic mass is 10.1. The zero-order chi connectivity index (χ0) is 14.0. The molecule has 2 rings (SSSR count). The third-order valence-electron chi connectivity index (χ3n) is 2.50. The maximum atomic E-state index is 13.2. The predicted molar refractivity (Wildman–Crippen MR) is 72.9 cm³/mol. The van der Waals surface area contributed by atoms with Gasteiger partial charge in [-0.3, -0.25) is 0 Å². The Balaban J connectivity index is 2.19. The van der Waals surface area contributed by atoms with Gasteiger partial charge in [-0.15, -0.1) is 5.10 Å². The molecule has 1 aromatic heterocycles. The smallest absolute Gasteiger partial charge is 0.125 e. The second-order valence-corrected chi connectivity index (χ2v) is 5.76. The van der Waals surface area contributed by atoms with E-state index in [0.717, 1.165) is 5.69 Å². The number of nitrogens with one attached hydrogen (secondary N) is 1. The van der Waals surface area contributed by atoms with E-state index < -0.39 is 0 Å². The molecule has 0 fully saturated rings. The molecule has 0 saturated heterocycles. The van der Waals surface area contributed by atoms with E-state index in [2.05, 4.69) is 36.4 Å². The van der Waals surface area contributed by atoms with Crippen LogP contribution >= 0.6 is 11.6 Å². The Morgan fingerprint density at radius 3 is 2.79 bits per heavy atom. The van der Waals surface area contributed by atoms with Crippen molar-refractivity contribution in [3.8, 4) is 5.69 Å². The molecule has 1 heterocycles. The van der Waals surface area contributed by atoms with Gasteiger partial charge in [-0.1, -0.05) is 16.8 Å². The predicted octanol–water partition coefficient (Wildman–Crippen LogP) is 2.95. The lowest BCUT2D eigenvalue weighted by Gasteiger charge is -2.19. The van der Waals surface area contributed by atoms with Crippen LogP contribution in [0.5, 0.6) is 0 Å². The van der Waals surface area contributed by atoms with Crippen molar-refractivity contribution in [3.63, 3.8) is 0 Å². The Hall–Kier alpha value is -1.46. The summed E-state index contributed by atoms with van der Waals surface area (Å²) in [7, 11) is 0. The summed E-state index contributed by atoms with van der Waals surface area (Å²) in [4.78, 5) is 0. The van der Waals surface area contributed by atoms with Gasteiger partial charge in [-0.2, -0.15) is 0 Å². The first-order chi connectivity index (χ1) is 8.85. The van der Waals surface area contributed by atoms with Gasteiger partial charge in [0.2, 0.25) is 0 Å². The normalized spacial score (nSPS) is 11.8. The monoisotopic (exact) mass is 282 g/mol. The molecule has 102 valence electrons. The second kappa shape index (κ2) is 5.27. The fraction of sp³-hybridized carbons (Fsp3) is 0.385. The molecule has 1 N–H and O–H groups in total. The molecule has 2 aromatic rings. The quantitative estimate of drug-likeness (QED) is 0.941. The molecular weight excluding hydrogens is 267 g/mol. The van der Waals surface area contributed by atoms with Crippen molar-refractivity contribution in [2.24, 2.45) is 0 Å². The van der Waals surface area contributed by atoms with Crippen molar-refractivity contribution in [1.29, 1.82) is 0 Å². The van der Waals surface area contributed by atoms with Crippen molar-refractivity contribution in [2.45, 2.75) is 32.9 Å². The van der Waals surface area contributed by atoms with Crippen LogP contribution in [0.25, 0.3) is 5.69 Å². The van der Waals surface area contributed by atoms with Crippen LogP contribution in [-0.2, 0) is 6.54 Å². The second-order valence-electron chi connectivity index (χ2n) is 5.35. The van der Waals surface area contributed by atoms with Crippen LogP contribution < -0.4 is 5.32 Å². The van der Waals surface area contributed by atoms with E-state index in [4.69, 9.17) is 11.6 Å². The molecule has 0 amide bonds. The van der Waals surface area contributed by atoms with Crippen LogP contribution in [0.15, 0.2) is 24.4 Å². The lowest BCUT2D eigenvalue weighted by Crippen LogP contribution is -2.35. The van der Waals surface area contributed by atoms with Crippen LogP contribution in [0.4, 0.5) is 4.39 Å². The Kier molecular flexibility index (Phi) is 3.87. The summed E-state index contributed by atoms with van der Waals surface area (Å²) in [5.41, 5.74) is 1.26. The average molecular weight is 283 g/mol. The van der Waals surface area contributed by atoms with E-state index in [1.807, 2.05) is 0 Å². The maximum absolute atomic E-state index is 13.2. The van der Waals surface area contributed by atoms with Gasteiger partial charge in [0.25, 0.3) is 0 Å². The first kappa shape index (κ1) is 14.0. The van der Waals surface area contributed by atoms with Crippen LogP contribution in [-0.4, -0.2) is 20.5 Å². The highest BCUT2D eigenvalue weighted by atomic mass is 35.5. The van der Waals surface area contributed by atoms with Crippen LogP contribution in [0.1, 0.15) is 26.5 Å². The highest BCUT2D eigenvalue weighted by Crippen LogP contribution is 2.20. The average Bonchev–Trinajstić information content (AvgIpc) is 2.77. The van der Waals surface area contributed by atoms with Gasteiger partial charge >= 0.3 is 0 Å². The van der Waals surface area contributed by atoms with E-state index in [1.54, 1.807) is 6.20 Å². The van der Waals surface area contributed by atoms with E-state index in [1.165, 1.54) is 22.9 Å². The SMILES string of the molecule is CC(C)(C)NCc1cn(-c2cc(F)ccc2Cl)nn1. The van der Waals surface area contributed by atoms with Crippen molar-refractivity contribution in [3.05, 3.63) is 40.9 Å². The highest BCUT2D eigenvalue weighted by Gasteiger charge is 2.11. The Morgan fingerprint density at radius 2 is 2.11 bits per heavy atom. The van der Waals surface area contributed by atoms with Gasteiger partial charge in [0.15, 0.2) is 0 Å². The summed E-state index contributed by atoms with van der Waals surface area (Å²) in [6.45, 7) is 6.80. The van der Waals surface area contributed by atoms with Gasteiger partial charge in [0, 0.05) is 18.2 Å². The largest absolute Gasteiger partial charge is 0.306 e. The Bertz CT molecular complexity index is 574. The highest BCUT2D eigenvalue weighted by molar-refractivity contribution is 6.32. The van der Waals surface area contributed by atoms with Crippen LogP contribution in [0, 0.1) is 5.82 Å². The molecule has 0 aliphatic heterocycles. The molecule has 6 heteroatoms. The van der Waals surface area contributed by atoms with Crippen molar-refractivity contribution < 1.29 is 4.39 Å². The Labute approximate surface area is 116 Å². The topological polar surface area (TPSA) is 42.7 Å². The van der Waals surface area contributed by atoms with Crippen LogP contribution in [0.2, 0.25) is 5.02 Å². The molecule has 0 radical (unpaired) electrons. The summed E-state index contributed by atoms with van der Waals surface area (Å²) in [6.07, 6.45) is 1.74. The lowest BCUT2D eigenvalue weighted by molar-refractivity contribution is 0.421. The Morgan fingerprint density at radius 1 is 1.37 bits per heavy atom. The summed E-state index contributed by atoms with van der Waals surface area (Å²) in [5.74, 6) is -0.357. The molecular formula is C13H16ClFN4. The van der Waals surface area contributed by atoms with Crippen LogP contribution in [0.3, 0.4) is 0 Å². The number of hydrogen-bond acceptors (Lipinski definition) is 3. The zero-order valence-electron chi connectivity index (χ0n) is 11.1. The van der Waals surface area contributed by atoms with Crippen molar-refractivity contribution >= 4 is 11.6 Å². The summed E-state index contributed by atoms with van der Waals surface area (Å²) in [6, 6.07) is 4.14. The van der Waals surface area contributed by atoms with Crippen molar-refractivity contribution in [1.82, 2.24) is 20.3 Å². The van der Waals surface area contributed by atoms with Gasteiger partial charge in [0.05, 0.1) is 22.6 Å². The van der Waals surface area contributed by atoms with E-state index >= 15 is 0 Å². The molecule has 0 aliphatic rings. The number of aromatic nitrogens is 3. The molecule has 1 aromatic carbocycles. The minimum atomic E-state index is -0.357. The van der Waals surface area contributed by atoms with Gasteiger partial charge in [-0.05, 0) is 32.9 Å². The molecule has 0 atom stereocenters. The fourth-order valence-electron chi connectivity index (χ4n) is 1.51. The molecule has 4 nitrogen and oxygen atoms in total. The summed E-state index contributed by atoms with van der Waals surface area (Å²) >= 11 is 6.02. The number of nitrogens with zero attached hydrogens (tertiary/aromatic N) is 3. The third kappa shape index (κ3) is 3.75. The van der Waals surface area contributed by atoms with Crippen molar-refractivity contribution in [2.75, 3.05) is 0 Å². The first-order valence-corrected chi connectivity index (χ1v) is 6.35. The summed E-state index contributed by atoms with van der Waals surface area (Å²) in [5, 5.41) is 11.7. The van der Waals surface area contributed by atoms with Gasteiger partial charge < -0.3 is 5.32 Å². The van der Waals surface area contributed by atoms with Gasteiger partial charge in [0.1, 0.15) is 5.82 Å². The van der Waals surface area contributed by atoms with E-state index in [-0.39, 0.29) is 11.4 Å². The number of benzene rings is 1. The summed E-state index contributed by atoms with van der Waals surface area (Å²) < 4.78 is 14.7. The minimum Gasteiger partial charge on any atom is -0.306 e. The maximum Gasteiger partial charge on any atom is 0.125 e. The molecule has 0 aliphatic carbocycles. The molecule has 0 unspecified atom stereocenters. The van der Waals surface area contributed by atoms with Gasteiger partial charge in [-0.25, -0.2) is 9.07 Å². The number of rotatable bonds is 3. The first-order valence-electron chi connectivity index (χ1n) is 5.97. The number of hydrogen-bond donors (Lipinski definition) is 1. The molecule has 0 saturated carbocycles. The number of halogens is 2. The fourth-order valence-corrected chi connectivity index (χ4v) is 1.72. The standard InChI is InChI=1S/C13H16ClFN4/c1-13(2,3)16-7-10-8-19(18-17-10)12-6-9(15)4-5-11(12)14/h4-6,8,16H,7H2,1-3H3. The molecule has 19 heavy (non-hydrogen) atoms. The third-order valence-corrected chi connectivity index (χ3v) is 2.82. The van der Waals surface area contributed by atoms with E-state index in [9.17, 15) is 4.39 Å².